The number of hydrogen-bond donors (Lipinski definition) is 2. The minimum atomic E-state index is -0.715. The Morgan fingerprint density at radius 1 is 1.62 bits per heavy atom. The van der Waals surface area contributed by atoms with E-state index in [9.17, 15) is 0 Å². The first-order chi connectivity index (χ1) is 6.10. The molecule has 1 aromatic carbocycles. The minimum absolute atomic E-state index is 0.0962. The van der Waals surface area contributed by atoms with Crippen molar-refractivity contribution in [1.82, 2.24) is 0 Å². The van der Waals surface area contributed by atoms with Gasteiger partial charge in [-0.05, 0) is 24.6 Å². The zero-order valence-electron chi connectivity index (χ0n) is 7.62. The van der Waals surface area contributed by atoms with Gasteiger partial charge in [-0.3, -0.25) is 0 Å². The Labute approximate surface area is 78.4 Å². The summed E-state index contributed by atoms with van der Waals surface area (Å²) in [5, 5.41) is 9.03. The highest BCUT2D eigenvalue weighted by atomic mass is 16.3. The third-order valence-electron chi connectivity index (χ3n) is 2.02. The fourth-order valence-electron chi connectivity index (χ4n) is 1.06. The first kappa shape index (κ1) is 9.79. The fourth-order valence-corrected chi connectivity index (χ4v) is 1.06. The maximum atomic E-state index is 9.03. The molecule has 0 saturated heterocycles. The fraction of sp³-hybridized carbons (Fsp3) is 0.273. The van der Waals surface area contributed by atoms with Gasteiger partial charge in [-0.25, -0.2) is 0 Å². The van der Waals surface area contributed by atoms with Gasteiger partial charge in [0.15, 0.2) is 0 Å². The van der Waals surface area contributed by atoms with Gasteiger partial charge >= 0.3 is 0 Å². The molecule has 1 rings (SSSR count). The number of hydrogen-bond acceptors (Lipinski definition) is 2. The van der Waals surface area contributed by atoms with Gasteiger partial charge in [-0.2, -0.15) is 0 Å². The molecule has 68 valence electrons. The van der Waals surface area contributed by atoms with Crippen LogP contribution in [0, 0.1) is 12.3 Å². The first-order valence-electron chi connectivity index (χ1n) is 4.07. The Morgan fingerprint density at radius 3 is 2.85 bits per heavy atom. The zero-order chi connectivity index (χ0) is 9.90. The number of benzene rings is 1. The van der Waals surface area contributed by atoms with Gasteiger partial charge in [0, 0.05) is 5.56 Å². The van der Waals surface area contributed by atoms with E-state index >= 15 is 0 Å². The van der Waals surface area contributed by atoms with Crippen LogP contribution >= 0.6 is 0 Å². The largest absolute Gasteiger partial charge is 0.394 e. The van der Waals surface area contributed by atoms with Crippen LogP contribution in [-0.4, -0.2) is 11.7 Å². The molecule has 13 heavy (non-hydrogen) atoms. The standard InChI is InChI=1S/C11H13NO/c1-3-9-5-4-6-10(7-9)11(2,12)8-13/h1,4-7,13H,8,12H2,2H3/t11-/m1/s1. The predicted molar refractivity (Wildman–Crippen MR) is 53.0 cm³/mol. The number of aliphatic hydroxyl groups is 1. The summed E-state index contributed by atoms with van der Waals surface area (Å²) in [4.78, 5) is 0. The number of terminal acetylenes is 1. The van der Waals surface area contributed by atoms with Crippen LogP contribution in [0.3, 0.4) is 0 Å². The van der Waals surface area contributed by atoms with E-state index in [0.717, 1.165) is 11.1 Å². The summed E-state index contributed by atoms with van der Waals surface area (Å²) >= 11 is 0. The molecule has 1 atom stereocenters. The summed E-state index contributed by atoms with van der Waals surface area (Å²) in [5.41, 5.74) is 6.76. The summed E-state index contributed by atoms with van der Waals surface area (Å²) in [6.45, 7) is 1.67. The molecule has 1 aromatic rings. The lowest BCUT2D eigenvalue weighted by Crippen LogP contribution is -2.36. The van der Waals surface area contributed by atoms with E-state index in [1.54, 1.807) is 6.92 Å². The van der Waals surface area contributed by atoms with E-state index in [2.05, 4.69) is 5.92 Å². The van der Waals surface area contributed by atoms with Crippen molar-refractivity contribution in [1.29, 1.82) is 0 Å². The highest BCUT2D eigenvalue weighted by molar-refractivity contribution is 5.37. The van der Waals surface area contributed by atoms with Gasteiger partial charge in [0.05, 0.1) is 12.1 Å². The molecule has 0 aromatic heterocycles. The van der Waals surface area contributed by atoms with Crippen LogP contribution in [-0.2, 0) is 5.54 Å². The molecular formula is C11H13NO. The van der Waals surface area contributed by atoms with Crippen molar-refractivity contribution in [3.8, 4) is 12.3 Å². The average Bonchev–Trinajstić information content (AvgIpc) is 2.18. The molecule has 0 fully saturated rings. The van der Waals surface area contributed by atoms with E-state index in [1.807, 2.05) is 24.3 Å². The molecule has 0 amide bonds. The topological polar surface area (TPSA) is 46.2 Å². The molecule has 3 N–H and O–H groups in total. The Balaban J connectivity index is 3.10. The second-order valence-corrected chi connectivity index (χ2v) is 3.30. The third-order valence-corrected chi connectivity index (χ3v) is 2.02. The normalized spacial score (nSPS) is 14.6. The lowest BCUT2D eigenvalue weighted by molar-refractivity contribution is 0.210. The van der Waals surface area contributed by atoms with Gasteiger partial charge in [0.25, 0.3) is 0 Å². The summed E-state index contributed by atoms with van der Waals surface area (Å²) < 4.78 is 0. The smallest absolute Gasteiger partial charge is 0.0650 e. The van der Waals surface area contributed by atoms with E-state index in [1.165, 1.54) is 0 Å². The van der Waals surface area contributed by atoms with Gasteiger partial charge < -0.3 is 10.8 Å². The van der Waals surface area contributed by atoms with E-state index < -0.39 is 5.54 Å². The van der Waals surface area contributed by atoms with Crippen LogP contribution in [0.5, 0.6) is 0 Å². The van der Waals surface area contributed by atoms with Crippen LogP contribution in [0.25, 0.3) is 0 Å². The monoisotopic (exact) mass is 175 g/mol. The minimum Gasteiger partial charge on any atom is -0.394 e. The van der Waals surface area contributed by atoms with Gasteiger partial charge in [0.2, 0.25) is 0 Å². The molecule has 2 nitrogen and oxygen atoms in total. The molecule has 0 heterocycles. The highest BCUT2D eigenvalue weighted by Crippen LogP contribution is 2.17. The van der Waals surface area contributed by atoms with Crippen molar-refractivity contribution in [3.63, 3.8) is 0 Å². The van der Waals surface area contributed by atoms with E-state index in [0.29, 0.717) is 0 Å². The molecule has 0 aliphatic rings. The molecule has 0 aliphatic carbocycles. The summed E-state index contributed by atoms with van der Waals surface area (Å²) in [6, 6.07) is 7.34. The molecule has 0 radical (unpaired) electrons. The summed E-state index contributed by atoms with van der Waals surface area (Å²) in [6.07, 6.45) is 5.25. The Bertz CT molecular complexity index is 336. The number of nitrogens with two attached hydrogens (primary N) is 1. The molecular weight excluding hydrogens is 162 g/mol. The molecule has 0 bridgehead atoms. The lowest BCUT2D eigenvalue weighted by Gasteiger charge is -2.22. The van der Waals surface area contributed by atoms with Crippen LogP contribution in [0.1, 0.15) is 18.1 Å². The van der Waals surface area contributed by atoms with Crippen molar-refractivity contribution in [2.24, 2.45) is 5.73 Å². The van der Waals surface area contributed by atoms with Crippen molar-refractivity contribution in [2.75, 3.05) is 6.61 Å². The van der Waals surface area contributed by atoms with Gasteiger partial charge in [0.1, 0.15) is 0 Å². The first-order valence-corrected chi connectivity index (χ1v) is 4.07. The Kier molecular flexibility index (Phi) is 2.72. The van der Waals surface area contributed by atoms with Crippen molar-refractivity contribution in [3.05, 3.63) is 35.4 Å². The molecule has 0 unspecified atom stereocenters. The lowest BCUT2D eigenvalue weighted by atomic mass is 9.93. The SMILES string of the molecule is C#Cc1cccc([C@](C)(N)CO)c1. The van der Waals surface area contributed by atoms with Gasteiger partial charge in [-0.15, -0.1) is 6.42 Å². The van der Waals surface area contributed by atoms with Crippen LogP contribution in [0.2, 0.25) is 0 Å². The average molecular weight is 175 g/mol. The second kappa shape index (κ2) is 3.61. The Morgan fingerprint density at radius 2 is 2.31 bits per heavy atom. The maximum absolute atomic E-state index is 9.03. The van der Waals surface area contributed by atoms with Crippen molar-refractivity contribution < 1.29 is 5.11 Å². The summed E-state index contributed by atoms with van der Waals surface area (Å²) in [7, 11) is 0. The summed E-state index contributed by atoms with van der Waals surface area (Å²) in [5.74, 6) is 2.53. The van der Waals surface area contributed by atoms with Crippen LogP contribution < -0.4 is 5.73 Å². The second-order valence-electron chi connectivity index (χ2n) is 3.30. The van der Waals surface area contributed by atoms with Crippen LogP contribution in [0.4, 0.5) is 0 Å². The third kappa shape index (κ3) is 2.09. The Hall–Kier alpha value is -1.30. The number of aliphatic hydroxyl groups excluding tert-OH is 1. The van der Waals surface area contributed by atoms with E-state index in [-0.39, 0.29) is 6.61 Å². The maximum Gasteiger partial charge on any atom is 0.0650 e. The predicted octanol–water partition coefficient (Wildman–Crippen LogP) is 0.834. The van der Waals surface area contributed by atoms with Gasteiger partial charge in [-0.1, -0.05) is 18.1 Å². The number of rotatable bonds is 2. The molecule has 0 saturated carbocycles. The molecule has 0 aliphatic heterocycles. The van der Waals surface area contributed by atoms with E-state index in [4.69, 9.17) is 17.3 Å². The zero-order valence-corrected chi connectivity index (χ0v) is 7.62. The molecule has 0 spiro atoms. The quantitative estimate of drug-likeness (QED) is 0.654. The van der Waals surface area contributed by atoms with Crippen molar-refractivity contribution >= 4 is 0 Å². The van der Waals surface area contributed by atoms with Crippen molar-refractivity contribution in [2.45, 2.75) is 12.5 Å². The molecule has 2 heteroatoms. The highest BCUT2D eigenvalue weighted by Gasteiger charge is 2.19. The van der Waals surface area contributed by atoms with Crippen LogP contribution in [0.15, 0.2) is 24.3 Å².